The van der Waals surface area contributed by atoms with Gasteiger partial charge in [-0.25, -0.2) is 13.2 Å². The van der Waals surface area contributed by atoms with E-state index in [9.17, 15) is 13.2 Å². The number of rotatable bonds is 7. The van der Waals surface area contributed by atoms with Crippen LogP contribution in [-0.4, -0.2) is 31.3 Å². The summed E-state index contributed by atoms with van der Waals surface area (Å²) in [7, 11) is -3.83. The van der Waals surface area contributed by atoms with E-state index in [1.54, 1.807) is 37.3 Å². The first-order valence-corrected chi connectivity index (χ1v) is 11.4. The number of ether oxygens (including phenoxy) is 1. The predicted octanol–water partition coefficient (Wildman–Crippen LogP) is 4.40. The first-order chi connectivity index (χ1) is 13.9. The molecule has 5 nitrogen and oxygen atoms in total. The van der Waals surface area contributed by atoms with E-state index in [1.807, 2.05) is 44.2 Å². The maximum absolute atomic E-state index is 13.7. The van der Waals surface area contributed by atoms with Crippen molar-refractivity contribution in [3.63, 3.8) is 0 Å². The molecule has 0 fully saturated rings. The number of esters is 1. The van der Waals surface area contributed by atoms with Crippen LogP contribution in [0.1, 0.15) is 43.9 Å². The molecule has 0 aliphatic carbocycles. The van der Waals surface area contributed by atoms with Crippen LogP contribution in [0.25, 0.3) is 0 Å². The smallest absolute Gasteiger partial charge is 0.335 e. The van der Waals surface area contributed by atoms with Gasteiger partial charge in [0, 0.05) is 6.04 Å². The van der Waals surface area contributed by atoms with Crippen LogP contribution in [0.3, 0.4) is 0 Å². The topological polar surface area (TPSA) is 63.7 Å². The summed E-state index contributed by atoms with van der Waals surface area (Å²) in [5, 5.41) is 0. The average molecular weight is 414 g/mol. The Hall–Kier alpha value is -2.44. The molecule has 0 spiro atoms. The number of benzene rings is 2. The van der Waals surface area contributed by atoms with Gasteiger partial charge in [0.1, 0.15) is 0 Å². The molecule has 2 atom stereocenters. The van der Waals surface area contributed by atoms with E-state index in [0.29, 0.717) is 12.0 Å². The van der Waals surface area contributed by atoms with E-state index in [1.165, 1.54) is 4.31 Å². The molecule has 1 aliphatic rings. The second-order valence-electron chi connectivity index (χ2n) is 7.16. The Bertz CT molecular complexity index is 981. The average Bonchev–Trinajstić information content (AvgIpc) is 3.10. The summed E-state index contributed by atoms with van der Waals surface area (Å²) >= 11 is 0. The van der Waals surface area contributed by atoms with Gasteiger partial charge in [-0.1, -0.05) is 67.4 Å². The third-order valence-corrected chi connectivity index (χ3v) is 6.96. The molecule has 6 heteroatoms. The molecule has 0 radical (unpaired) electrons. The molecule has 0 amide bonds. The van der Waals surface area contributed by atoms with Crippen molar-refractivity contribution in [1.29, 1.82) is 0 Å². The summed E-state index contributed by atoms with van der Waals surface area (Å²) < 4.78 is 34.1. The molecule has 29 heavy (non-hydrogen) atoms. The van der Waals surface area contributed by atoms with Crippen molar-refractivity contribution in [3.05, 3.63) is 77.4 Å². The van der Waals surface area contributed by atoms with E-state index in [2.05, 4.69) is 0 Å². The Balaban J connectivity index is 2.15. The van der Waals surface area contributed by atoms with Gasteiger partial charge in [-0.15, -0.1) is 0 Å². The summed E-state index contributed by atoms with van der Waals surface area (Å²) in [6.45, 7) is 5.90. The van der Waals surface area contributed by atoms with Gasteiger partial charge in [0.15, 0.2) is 0 Å². The van der Waals surface area contributed by atoms with Crippen molar-refractivity contribution in [2.45, 2.75) is 50.6 Å². The lowest BCUT2D eigenvalue weighted by atomic mass is 10.0. The number of hydrogen-bond donors (Lipinski definition) is 0. The molecule has 2 aromatic carbocycles. The van der Waals surface area contributed by atoms with Crippen LogP contribution in [-0.2, 0) is 19.6 Å². The molecule has 0 unspecified atom stereocenters. The lowest BCUT2D eigenvalue weighted by Crippen LogP contribution is -2.39. The van der Waals surface area contributed by atoms with Gasteiger partial charge in [0.2, 0.25) is 10.0 Å². The maximum atomic E-state index is 13.7. The van der Waals surface area contributed by atoms with Crippen LogP contribution >= 0.6 is 0 Å². The largest absolute Gasteiger partial charge is 0.463 e. The molecule has 0 saturated carbocycles. The second kappa shape index (κ2) is 8.93. The molecule has 0 saturated heterocycles. The van der Waals surface area contributed by atoms with Gasteiger partial charge in [-0.05, 0) is 38.0 Å². The quantitative estimate of drug-likeness (QED) is 0.631. The molecule has 3 rings (SSSR count). The summed E-state index contributed by atoms with van der Waals surface area (Å²) in [4.78, 5) is 12.9. The summed E-state index contributed by atoms with van der Waals surface area (Å²) in [5.41, 5.74) is 2.12. The van der Waals surface area contributed by atoms with Crippen molar-refractivity contribution in [2.24, 2.45) is 0 Å². The van der Waals surface area contributed by atoms with Crippen LogP contribution < -0.4 is 0 Å². The highest BCUT2D eigenvalue weighted by atomic mass is 32.2. The van der Waals surface area contributed by atoms with Crippen LogP contribution in [0.4, 0.5) is 0 Å². The second-order valence-corrected chi connectivity index (χ2v) is 9.00. The minimum Gasteiger partial charge on any atom is -0.463 e. The fraction of sp³-hybridized carbons (Fsp3) is 0.348. The van der Waals surface area contributed by atoms with Gasteiger partial charge >= 0.3 is 5.97 Å². The van der Waals surface area contributed by atoms with Gasteiger partial charge in [0.05, 0.1) is 23.1 Å². The van der Waals surface area contributed by atoms with E-state index in [-0.39, 0.29) is 11.5 Å². The van der Waals surface area contributed by atoms with Crippen LogP contribution in [0.2, 0.25) is 0 Å². The molecular weight excluding hydrogens is 386 g/mol. The van der Waals surface area contributed by atoms with Gasteiger partial charge < -0.3 is 4.74 Å². The van der Waals surface area contributed by atoms with E-state index >= 15 is 0 Å². The normalized spacial score (nSPS) is 19.8. The third-order valence-electron chi connectivity index (χ3n) is 5.06. The number of aryl methyl sites for hydroxylation is 1. The Kier molecular flexibility index (Phi) is 6.55. The van der Waals surface area contributed by atoms with Gasteiger partial charge in [-0.2, -0.15) is 4.31 Å². The minimum atomic E-state index is -3.83. The van der Waals surface area contributed by atoms with E-state index < -0.39 is 28.1 Å². The summed E-state index contributed by atoms with van der Waals surface area (Å²) in [5.74, 6) is -0.468. The first-order valence-electron chi connectivity index (χ1n) is 9.94. The van der Waals surface area contributed by atoms with Gasteiger partial charge in [-0.3, -0.25) is 0 Å². The summed E-state index contributed by atoms with van der Waals surface area (Å²) in [6, 6.07) is 15.0. The minimum absolute atomic E-state index is 0.226. The zero-order valence-electron chi connectivity index (χ0n) is 17.0. The van der Waals surface area contributed by atoms with E-state index in [0.717, 1.165) is 17.5 Å². The fourth-order valence-corrected chi connectivity index (χ4v) is 5.47. The Labute approximate surface area is 173 Å². The number of sulfonamides is 1. The number of nitrogens with zero attached hydrogens (tertiary/aromatic N) is 1. The molecule has 1 aliphatic heterocycles. The summed E-state index contributed by atoms with van der Waals surface area (Å²) in [6.07, 6.45) is 3.18. The molecule has 0 bridgehead atoms. The maximum Gasteiger partial charge on any atom is 0.335 e. The fourth-order valence-electron chi connectivity index (χ4n) is 3.71. The highest BCUT2D eigenvalue weighted by Crippen LogP contribution is 2.42. The van der Waals surface area contributed by atoms with Crippen molar-refractivity contribution in [1.82, 2.24) is 4.31 Å². The van der Waals surface area contributed by atoms with Crippen LogP contribution in [0.5, 0.6) is 0 Å². The standard InChI is InChI=1S/C23H27NO4S/c1-4-9-19-16-21(23(25)28-5-2)22(18-10-7-6-8-11-18)24(19)29(26,27)20-14-12-17(3)13-15-20/h6-8,10-16,19,22H,4-5,9H2,1-3H3/t19-,22+/m0/s1. The SMILES string of the molecule is CCC[C@H]1C=C(C(=O)OCC)[C@@H](c2ccccc2)N1S(=O)(=O)c1ccc(C)cc1. The van der Waals surface area contributed by atoms with Crippen molar-refractivity contribution in [2.75, 3.05) is 6.61 Å². The van der Waals surface area contributed by atoms with E-state index in [4.69, 9.17) is 4.74 Å². The Morgan fingerprint density at radius 1 is 1.03 bits per heavy atom. The Morgan fingerprint density at radius 3 is 2.28 bits per heavy atom. The number of hydrogen-bond acceptors (Lipinski definition) is 4. The zero-order chi connectivity index (χ0) is 21.0. The molecule has 0 aromatic heterocycles. The highest BCUT2D eigenvalue weighted by Gasteiger charge is 2.45. The predicted molar refractivity (Wildman–Crippen MR) is 113 cm³/mol. The zero-order valence-corrected chi connectivity index (χ0v) is 17.9. The third kappa shape index (κ3) is 4.28. The molecule has 0 N–H and O–H groups in total. The monoisotopic (exact) mass is 413 g/mol. The van der Waals surface area contributed by atoms with Crippen molar-refractivity contribution in [3.8, 4) is 0 Å². The van der Waals surface area contributed by atoms with Gasteiger partial charge in [0.25, 0.3) is 0 Å². The van der Waals surface area contributed by atoms with Crippen LogP contribution in [0, 0.1) is 6.92 Å². The highest BCUT2D eigenvalue weighted by molar-refractivity contribution is 7.89. The van der Waals surface area contributed by atoms with Crippen molar-refractivity contribution < 1.29 is 17.9 Å². The molecule has 2 aromatic rings. The lowest BCUT2D eigenvalue weighted by Gasteiger charge is -2.31. The number of carbonyl (C=O) groups excluding carboxylic acids is 1. The van der Waals surface area contributed by atoms with Crippen molar-refractivity contribution >= 4 is 16.0 Å². The molecular formula is C23H27NO4S. The number of carbonyl (C=O) groups is 1. The van der Waals surface area contributed by atoms with Crippen LogP contribution in [0.15, 0.2) is 71.1 Å². The first kappa shape index (κ1) is 21.3. The Morgan fingerprint density at radius 2 is 1.69 bits per heavy atom. The lowest BCUT2D eigenvalue weighted by molar-refractivity contribution is -0.138. The molecule has 1 heterocycles. The molecule has 154 valence electrons.